The van der Waals surface area contributed by atoms with Crippen molar-refractivity contribution >= 4 is 0 Å². The lowest BCUT2D eigenvalue weighted by Gasteiger charge is -2.11. The predicted molar refractivity (Wildman–Crippen MR) is 72.2 cm³/mol. The number of phenols is 1. The summed E-state index contributed by atoms with van der Waals surface area (Å²) in [4.78, 5) is 4.28. The molecule has 2 N–H and O–H groups in total. The smallest absolute Gasteiger partial charge is 0.127 e. The van der Waals surface area contributed by atoms with Gasteiger partial charge in [0.05, 0.1) is 6.04 Å². The van der Waals surface area contributed by atoms with Crippen molar-refractivity contribution in [3.63, 3.8) is 0 Å². The number of nitrogens with one attached hydrogen (secondary N) is 1. The fourth-order valence-corrected chi connectivity index (χ4v) is 2.21. The lowest BCUT2D eigenvalue weighted by atomic mass is 10.1. The summed E-state index contributed by atoms with van der Waals surface area (Å²) in [7, 11) is 0. The van der Waals surface area contributed by atoms with E-state index in [1.54, 1.807) is 12.1 Å². The quantitative estimate of drug-likeness (QED) is 0.885. The molecule has 1 unspecified atom stereocenters. The van der Waals surface area contributed by atoms with Crippen LogP contribution in [-0.4, -0.2) is 16.7 Å². The maximum absolute atomic E-state index is 9.41. The molecule has 98 valence electrons. The molecule has 0 saturated heterocycles. The third kappa shape index (κ3) is 2.53. The third-order valence-electron chi connectivity index (χ3n) is 3.30. The Balaban J connectivity index is 1.68. The van der Waals surface area contributed by atoms with Crippen LogP contribution in [0.3, 0.4) is 0 Å². The van der Waals surface area contributed by atoms with E-state index in [1.165, 1.54) is 0 Å². The summed E-state index contributed by atoms with van der Waals surface area (Å²) >= 11 is 0. The zero-order valence-electron chi connectivity index (χ0n) is 10.8. The van der Waals surface area contributed by atoms with Gasteiger partial charge in [-0.3, -0.25) is 4.98 Å². The molecule has 1 aliphatic rings. The molecule has 0 fully saturated rings. The minimum absolute atomic E-state index is 0.164. The molecule has 0 spiro atoms. The molecule has 0 saturated carbocycles. The molecule has 1 aromatic carbocycles. The summed E-state index contributed by atoms with van der Waals surface area (Å²) < 4.78 is 5.56. The molecule has 0 bridgehead atoms. The van der Waals surface area contributed by atoms with Crippen LogP contribution in [0, 0.1) is 6.92 Å². The SMILES string of the molecule is Cc1ccc(CNC2COc3cc(O)ccc32)cn1. The number of hydrogen-bond donors (Lipinski definition) is 2. The highest BCUT2D eigenvalue weighted by Gasteiger charge is 2.23. The molecule has 4 heteroatoms. The summed E-state index contributed by atoms with van der Waals surface area (Å²) in [5.41, 5.74) is 3.27. The molecule has 1 aromatic heterocycles. The number of pyridine rings is 1. The van der Waals surface area contributed by atoms with Crippen molar-refractivity contribution in [2.45, 2.75) is 19.5 Å². The Morgan fingerprint density at radius 2 is 2.26 bits per heavy atom. The number of aromatic nitrogens is 1. The number of rotatable bonds is 3. The molecule has 3 rings (SSSR count). The monoisotopic (exact) mass is 256 g/mol. The average molecular weight is 256 g/mol. The minimum atomic E-state index is 0.164. The molecule has 0 aliphatic carbocycles. The second-order valence-corrected chi connectivity index (χ2v) is 4.77. The van der Waals surface area contributed by atoms with Crippen molar-refractivity contribution in [2.24, 2.45) is 0 Å². The Morgan fingerprint density at radius 1 is 1.37 bits per heavy atom. The summed E-state index contributed by atoms with van der Waals surface area (Å²) in [6.07, 6.45) is 1.88. The number of phenolic OH excluding ortho intramolecular Hbond substituents is 1. The number of nitrogens with zero attached hydrogens (tertiary/aromatic N) is 1. The maximum Gasteiger partial charge on any atom is 0.127 e. The van der Waals surface area contributed by atoms with Crippen LogP contribution < -0.4 is 10.1 Å². The van der Waals surface area contributed by atoms with Gasteiger partial charge in [0, 0.05) is 30.1 Å². The van der Waals surface area contributed by atoms with Gasteiger partial charge in [-0.1, -0.05) is 6.07 Å². The Kier molecular flexibility index (Phi) is 3.09. The number of fused-ring (bicyclic) bond motifs is 1. The molecular weight excluding hydrogens is 240 g/mol. The van der Waals surface area contributed by atoms with Gasteiger partial charge in [0.1, 0.15) is 18.1 Å². The second kappa shape index (κ2) is 4.90. The largest absolute Gasteiger partial charge is 0.508 e. The van der Waals surface area contributed by atoms with Crippen molar-refractivity contribution in [3.05, 3.63) is 53.3 Å². The van der Waals surface area contributed by atoms with Crippen molar-refractivity contribution in [3.8, 4) is 11.5 Å². The van der Waals surface area contributed by atoms with Crippen LogP contribution in [0.15, 0.2) is 36.5 Å². The first-order chi connectivity index (χ1) is 9.22. The van der Waals surface area contributed by atoms with E-state index in [1.807, 2.05) is 25.3 Å². The molecule has 1 atom stereocenters. The lowest BCUT2D eigenvalue weighted by molar-refractivity contribution is 0.309. The zero-order chi connectivity index (χ0) is 13.2. The van der Waals surface area contributed by atoms with Crippen LogP contribution >= 0.6 is 0 Å². The minimum Gasteiger partial charge on any atom is -0.508 e. The highest BCUT2D eigenvalue weighted by Crippen LogP contribution is 2.34. The van der Waals surface area contributed by atoms with Gasteiger partial charge in [-0.15, -0.1) is 0 Å². The molecule has 0 amide bonds. The van der Waals surface area contributed by atoms with E-state index in [2.05, 4.69) is 16.4 Å². The number of hydrogen-bond acceptors (Lipinski definition) is 4. The zero-order valence-corrected chi connectivity index (χ0v) is 10.8. The Morgan fingerprint density at radius 3 is 3.05 bits per heavy atom. The van der Waals surface area contributed by atoms with E-state index in [0.29, 0.717) is 6.61 Å². The van der Waals surface area contributed by atoms with E-state index < -0.39 is 0 Å². The normalized spacial score (nSPS) is 17.0. The van der Waals surface area contributed by atoms with E-state index in [4.69, 9.17) is 4.74 Å². The van der Waals surface area contributed by atoms with Crippen LogP contribution in [-0.2, 0) is 6.54 Å². The van der Waals surface area contributed by atoms with E-state index in [-0.39, 0.29) is 11.8 Å². The summed E-state index contributed by atoms with van der Waals surface area (Å²) in [5.74, 6) is 1.00. The number of ether oxygens (including phenoxy) is 1. The van der Waals surface area contributed by atoms with E-state index in [9.17, 15) is 5.11 Å². The standard InChI is InChI=1S/C15H16N2O2/c1-10-2-3-11(7-16-10)8-17-14-9-19-15-6-12(18)4-5-13(14)15/h2-7,14,17-18H,8-9H2,1H3. The molecule has 2 heterocycles. The van der Waals surface area contributed by atoms with Crippen LogP contribution in [0.1, 0.15) is 22.9 Å². The highest BCUT2D eigenvalue weighted by atomic mass is 16.5. The lowest BCUT2D eigenvalue weighted by Crippen LogP contribution is -2.22. The number of aryl methyl sites for hydroxylation is 1. The van der Waals surface area contributed by atoms with Crippen molar-refractivity contribution in [1.82, 2.24) is 10.3 Å². The summed E-state index contributed by atoms with van der Waals surface area (Å²) in [6.45, 7) is 3.32. The van der Waals surface area contributed by atoms with Crippen LogP contribution in [0.5, 0.6) is 11.5 Å². The van der Waals surface area contributed by atoms with Crippen LogP contribution in [0.25, 0.3) is 0 Å². The molecule has 4 nitrogen and oxygen atoms in total. The van der Waals surface area contributed by atoms with Gasteiger partial charge in [-0.05, 0) is 30.7 Å². The van der Waals surface area contributed by atoms with E-state index in [0.717, 1.165) is 29.1 Å². The molecule has 2 aromatic rings. The topological polar surface area (TPSA) is 54.4 Å². The van der Waals surface area contributed by atoms with Gasteiger partial charge in [0.25, 0.3) is 0 Å². The third-order valence-corrected chi connectivity index (χ3v) is 3.30. The van der Waals surface area contributed by atoms with Crippen LogP contribution in [0.2, 0.25) is 0 Å². The van der Waals surface area contributed by atoms with Gasteiger partial charge < -0.3 is 15.2 Å². The molecule has 19 heavy (non-hydrogen) atoms. The number of benzene rings is 1. The van der Waals surface area contributed by atoms with E-state index >= 15 is 0 Å². The predicted octanol–water partition coefficient (Wildman–Crippen LogP) is 2.32. The van der Waals surface area contributed by atoms with Gasteiger partial charge >= 0.3 is 0 Å². The molecular formula is C15H16N2O2. The van der Waals surface area contributed by atoms with Crippen molar-refractivity contribution in [2.75, 3.05) is 6.61 Å². The fourth-order valence-electron chi connectivity index (χ4n) is 2.21. The van der Waals surface area contributed by atoms with Gasteiger partial charge in [0.15, 0.2) is 0 Å². The molecule has 1 aliphatic heterocycles. The van der Waals surface area contributed by atoms with Gasteiger partial charge in [-0.25, -0.2) is 0 Å². The van der Waals surface area contributed by atoms with Crippen LogP contribution in [0.4, 0.5) is 0 Å². The highest BCUT2D eigenvalue weighted by molar-refractivity contribution is 5.44. The maximum atomic E-state index is 9.41. The number of aromatic hydroxyl groups is 1. The fraction of sp³-hybridized carbons (Fsp3) is 0.267. The first kappa shape index (κ1) is 12.0. The summed E-state index contributed by atoms with van der Waals surface area (Å²) in [5, 5.41) is 12.9. The molecule has 0 radical (unpaired) electrons. The van der Waals surface area contributed by atoms with Crippen molar-refractivity contribution in [1.29, 1.82) is 0 Å². The average Bonchev–Trinajstić information content (AvgIpc) is 2.80. The second-order valence-electron chi connectivity index (χ2n) is 4.77. The Labute approximate surface area is 112 Å². The Hall–Kier alpha value is -2.07. The van der Waals surface area contributed by atoms with Crippen molar-refractivity contribution < 1.29 is 9.84 Å². The first-order valence-electron chi connectivity index (χ1n) is 6.33. The Bertz CT molecular complexity index is 581. The summed E-state index contributed by atoms with van der Waals surface area (Å²) in [6, 6.07) is 9.50. The van der Waals surface area contributed by atoms with Gasteiger partial charge in [0.2, 0.25) is 0 Å². The van der Waals surface area contributed by atoms with Gasteiger partial charge in [-0.2, -0.15) is 0 Å². The first-order valence-corrected chi connectivity index (χ1v) is 6.33.